The maximum atomic E-state index is 5.53. The molecule has 0 aliphatic carbocycles. The third kappa shape index (κ3) is 2.33. The highest BCUT2D eigenvalue weighted by molar-refractivity contribution is 6.17. The second kappa shape index (κ2) is 3.85. The first-order valence-corrected chi connectivity index (χ1v) is 3.68. The molecule has 1 aliphatic rings. The molecule has 0 aromatic heterocycles. The number of hydrogen-bond donors (Lipinski definition) is 0. The van der Waals surface area contributed by atoms with Crippen molar-refractivity contribution in [1.29, 1.82) is 0 Å². The van der Waals surface area contributed by atoms with Gasteiger partial charge in [0.1, 0.15) is 13.2 Å². The number of ether oxygens (including phenoxy) is 1. The van der Waals surface area contributed by atoms with E-state index < -0.39 is 0 Å². The van der Waals surface area contributed by atoms with Gasteiger partial charge in [0.2, 0.25) is 0 Å². The van der Waals surface area contributed by atoms with E-state index in [0.29, 0.717) is 5.88 Å². The predicted octanol–water partition coefficient (Wildman–Crippen LogP) is 0.339. The first-order chi connectivity index (χ1) is 4.43. The van der Waals surface area contributed by atoms with E-state index in [9.17, 15) is 0 Å². The summed E-state index contributed by atoms with van der Waals surface area (Å²) in [5, 5.41) is 0. The monoisotopic (exact) mass is 148 g/mol. The maximum absolute atomic E-state index is 5.53. The first kappa shape index (κ1) is 7.03. The molecular formula is C6H11ClNO+. The number of nitrogens with zero attached hydrogens (tertiary/aromatic N) is 1. The molecule has 9 heavy (non-hydrogen) atoms. The maximum Gasteiger partial charge on any atom is 0.165 e. The number of halogens is 1. The molecule has 0 amide bonds. The smallest absolute Gasteiger partial charge is 0.165 e. The summed E-state index contributed by atoms with van der Waals surface area (Å²) in [4.78, 5) is 0. The van der Waals surface area contributed by atoms with Crippen molar-refractivity contribution in [2.45, 2.75) is 0 Å². The molecule has 0 radical (unpaired) electrons. The molecule has 0 bridgehead atoms. The van der Waals surface area contributed by atoms with Crippen LogP contribution in [0, 0.1) is 0 Å². The standard InChI is InChI=1S/C6H11ClNO/c7-1-2-8-3-5-9-6-4-8/h3H,1-2,4-6H2/q+1. The van der Waals surface area contributed by atoms with E-state index in [1.54, 1.807) is 0 Å². The number of alkyl halides is 1. The average molecular weight is 149 g/mol. The van der Waals surface area contributed by atoms with Crippen LogP contribution in [-0.4, -0.2) is 43.0 Å². The van der Waals surface area contributed by atoms with Gasteiger partial charge >= 0.3 is 0 Å². The SMILES string of the molecule is ClCC[N+]1=CCOCC1. The van der Waals surface area contributed by atoms with Gasteiger partial charge < -0.3 is 4.74 Å². The van der Waals surface area contributed by atoms with Crippen LogP contribution >= 0.6 is 11.6 Å². The van der Waals surface area contributed by atoms with Crippen molar-refractivity contribution in [2.75, 3.05) is 32.2 Å². The zero-order chi connectivity index (χ0) is 6.53. The van der Waals surface area contributed by atoms with Gasteiger partial charge in [0, 0.05) is 0 Å². The Bertz CT molecular complexity index is 114. The van der Waals surface area contributed by atoms with Gasteiger partial charge in [0.05, 0.1) is 5.88 Å². The minimum atomic E-state index is 0.705. The Kier molecular flexibility index (Phi) is 3.01. The van der Waals surface area contributed by atoms with Gasteiger partial charge in [0.15, 0.2) is 19.3 Å². The van der Waals surface area contributed by atoms with Crippen molar-refractivity contribution < 1.29 is 9.31 Å². The van der Waals surface area contributed by atoms with Gasteiger partial charge in [-0.3, -0.25) is 0 Å². The average Bonchev–Trinajstić information content (AvgIpc) is 1.91. The summed E-state index contributed by atoms with van der Waals surface area (Å²) in [5.74, 6) is 0.705. The second-order valence-electron chi connectivity index (χ2n) is 1.98. The van der Waals surface area contributed by atoms with Crippen LogP contribution < -0.4 is 0 Å². The summed E-state index contributed by atoms with van der Waals surface area (Å²) >= 11 is 5.53. The Labute approximate surface area is 60.1 Å². The van der Waals surface area contributed by atoms with Crippen LogP contribution in [0.5, 0.6) is 0 Å². The highest BCUT2D eigenvalue weighted by Gasteiger charge is 2.06. The summed E-state index contributed by atoms with van der Waals surface area (Å²) in [7, 11) is 0. The van der Waals surface area contributed by atoms with Crippen molar-refractivity contribution in [1.82, 2.24) is 0 Å². The van der Waals surface area contributed by atoms with Crippen molar-refractivity contribution in [3.63, 3.8) is 0 Å². The Morgan fingerprint density at radius 1 is 1.67 bits per heavy atom. The third-order valence-electron chi connectivity index (χ3n) is 1.35. The van der Waals surface area contributed by atoms with Crippen LogP contribution in [0.4, 0.5) is 0 Å². The van der Waals surface area contributed by atoms with E-state index >= 15 is 0 Å². The minimum Gasteiger partial charge on any atom is -0.365 e. The Hall–Kier alpha value is -0.0800. The molecule has 1 aliphatic heterocycles. The van der Waals surface area contributed by atoms with Crippen LogP contribution in [0.2, 0.25) is 0 Å². The molecule has 0 fully saturated rings. The molecule has 0 saturated carbocycles. The van der Waals surface area contributed by atoms with Gasteiger partial charge in [0.25, 0.3) is 0 Å². The minimum absolute atomic E-state index is 0.705. The molecule has 0 atom stereocenters. The molecule has 1 heterocycles. The molecular weight excluding hydrogens is 138 g/mol. The highest BCUT2D eigenvalue weighted by Crippen LogP contribution is 1.85. The van der Waals surface area contributed by atoms with Gasteiger partial charge in [-0.15, -0.1) is 11.6 Å². The topological polar surface area (TPSA) is 12.2 Å². The van der Waals surface area contributed by atoms with Crippen molar-refractivity contribution in [3.05, 3.63) is 0 Å². The van der Waals surface area contributed by atoms with E-state index in [2.05, 4.69) is 4.58 Å². The lowest BCUT2D eigenvalue weighted by molar-refractivity contribution is -0.529. The molecule has 0 aromatic rings. The molecule has 0 aromatic carbocycles. The molecule has 1 rings (SSSR count). The molecule has 52 valence electrons. The van der Waals surface area contributed by atoms with Crippen LogP contribution in [0.3, 0.4) is 0 Å². The number of hydrogen-bond acceptors (Lipinski definition) is 1. The van der Waals surface area contributed by atoms with Gasteiger partial charge in [-0.2, -0.15) is 0 Å². The lowest BCUT2D eigenvalue weighted by Gasteiger charge is -2.06. The summed E-state index contributed by atoms with van der Waals surface area (Å²) in [6.45, 7) is 3.53. The van der Waals surface area contributed by atoms with Crippen molar-refractivity contribution in [2.24, 2.45) is 0 Å². The Morgan fingerprint density at radius 3 is 3.11 bits per heavy atom. The summed E-state index contributed by atoms with van der Waals surface area (Å²) in [6.07, 6.45) is 2.05. The van der Waals surface area contributed by atoms with Gasteiger partial charge in [-0.05, 0) is 0 Å². The fourth-order valence-electron chi connectivity index (χ4n) is 0.826. The van der Waals surface area contributed by atoms with Crippen LogP contribution in [-0.2, 0) is 4.74 Å². The van der Waals surface area contributed by atoms with E-state index in [4.69, 9.17) is 16.3 Å². The van der Waals surface area contributed by atoms with E-state index in [1.165, 1.54) is 0 Å². The quantitative estimate of drug-likeness (QED) is 0.406. The van der Waals surface area contributed by atoms with E-state index in [1.807, 2.05) is 6.21 Å². The highest BCUT2D eigenvalue weighted by atomic mass is 35.5. The van der Waals surface area contributed by atoms with Crippen molar-refractivity contribution >= 4 is 17.8 Å². The normalized spacial score (nSPS) is 19.4. The second-order valence-corrected chi connectivity index (χ2v) is 2.36. The zero-order valence-corrected chi connectivity index (χ0v) is 6.10. The van der Waals surface area contributed by atoms with Crippen LogP contribution in [0.25, 0.3) is 0 Å². The fourth-order valence-corrected chi connectivity index (χ4v) is 1.04. The summed E-state index contributed by atoms with van der Waals surface area (Å²) in [6, 6.07) is 0. The third-order valence-corrected chi connectivity index (χ3v) is 1.51. The predicted molar refractivity (Wildman–Crippen MR) is 37.6 cm³/mol. The summed E-state index contributed by atoms with van der Waals surface area (Å²) in [5.41, 5.74) is 0. The van der Waals surface area contributed by atoms with Crippen LogP contribution in [0.1, 0.15) is 0 Å². The largest absolute Gasteiger partial charge is 0.365 e. The molecule has 0 N–H and O–H groups in total. The Morgan fingerprint density at radius 2 is 2.56 bits per heavy atom. The summed E-state index contributed by atoms with van der Waals surface area (Å²) < 4.78 is 7.30. The van der Waals surface area contributed by atoms with E-state index in [-0.39, 0.29) is 0 Å². The molecule has 3 heteroatoms. The molecule has 2 nitrogen and oxygen atoms in total. The lowest BCUT2D eigenvalue weighted by atomic mass is 10.5. The molecule has 0 saturated heterocycles. The number of rotatable bonds is 2. The van der Waals surface area contributed by atoms with Gasteiger partial charge in [-0.25, -0.2) is 4.58 Å². The van der Waals surface area contributed by atoms with Crippen LogP contribution in [0.15, 0.2) is 0 Å². The molecule has 0 spiro atoms. The van der Waals surface area contributed by atoms with Crippen molar-refractivity contribution in [3.8, 4) is 0 Å². The lowest BCUT2D eigenvalue weighted by Crippen LogP contribution is -2.27. The fraction of sp³-hybridized carbons (Fsp3) is 0.833. The first-order valence-electron chi connectivity index (χ1n) is 3.14. The van der Waals surface area contributed by atoms with E-state index in [0.717, 1.165) is 26.3 Å². The molecule has 0 unspecified atom stereocenters. The Balaban J connectivity index is 2.28. The van der Waals surface area contributed by atoms with Gasteiger partial charge in [-0.1, -0.05) is 0 Å². The zero-order valence-electron chi connectivity index (χ0n) is 5.35.